The van der Waals surface area contributed by atoms with Crippen molar-refractivity contribution in [3.05, 3.63) is 12.4 Å². The zero-order valence-corrected chi connectivity index (χ0v) is 8.57. The molecule has 78 valence electrons. The highest BCUT2D eigenvalue weighted by Crippen LogP contribution is 2.13. The minimum atomic E-state index is 0.688. The van der Waals surface area contributed by atoms with E-state index in [0.717, 1.165) is 25.7 Å². The van der Waals surface area contributed by atoms with Gasteiger partial charge in [0.05, 0.1) is 6.61 Å². The van der Waals surface area contributed by atoms with E-state index in [-0.39, 0.29) is 0 Å². The standard InChI is InChI=1S/C10H17N3O/c1-13-7-6-12-10(13)14-8-9-2-4-11-5-3-9/h6-7,9,11H,2-5,8H2,1H3. The summed E-state index contributed by atoms with van der Waals surface area (Å²) < 4.78 is 7.54. The van der Waals surface area contributed by atoms with Crippen molar-refractivity contribution in [2.75, 3.05) is 19.7 Å². The molecule has 0 unspecified atom stereocenters. The van der Waals surface area contributed by atoms with Gasteiger partial charge in [0.2, 0.25) is 0 Å². The van der Waals surface area contributed by atoms with Crippen LogP contribution in [-0.4, -0.2) is 29.2 Å². The third kappa shape index (κ3) is 2.26. The van der Waals surface area contributed by atoms with Crippen LogP contribution in [0.2, 0.25) is 0 Å². The molecule has 0 saturated carbocycles. The van der Waals surface area contributed by atoms with Crippen molar-refractivity contribution in [1.82, 2.24) is 14.9 Å². The number of nitrogens with one attached hydrogen (secondary N) is 1. The lowest BCUT2D eigenvalue weighted by molar-refractivity contribution is 0.197. The minimum absolute atomic E-state index is 0.688. The summed E-state index contributed by atoms with van der Waals surface area (Å²) in [6.07, 6.45) is 6.09. The molecule has 1 N–H and O–H groups in total. The maximum absolute atomic E-state index is 5.64. The van der Waals surface area contributed by atoms with Crippen LogP contribution in [0.1, 0.15) is 12.8 Å². The van der Waals surface area contributed by atoms with Crippen LogP contribution in [0, 0.1) is 5.92 Å². The van der Waals surface area contributed by atoms with Crippen LogP contribution >= 0.6 is 0 Å². The molecule has 1 aliphatic rings. The molecule has 2 rings (SSSR count). The summed E-state index contributed by atoms with van der Waals surface area (Å²) in [6, 6.07) is 0.725. The number of hydrogen-bond donors (Lipinski definition) is 1. The first-order chi connectivity index (χ1) is 6.86. The Morgan fingerprint density at radius 2 is 2.36 bits per heavy atom. The van der Waals surface area contributed by atoms with E-state index in [1.165, 1.54) is 12.8 Å². The van der Waals surface area contributed by atoms with Crippen LogP contribution in [-0.2, 0) is 7.05 Å². The number of imidazole rings is 1. The Labute approximate surface area is 84.3 Å². The first kappa shape index (κ1) is 9.52. The van der Waals surface area contributed by atoms with Crippen molar-refractivity contribution in [3.8, 4) is 6.01 Å². The van der Waals surface area contributed by atoms with Gasteiger partial charge < -0.3 is 14.6 Å². The molecule has 0 spiro atoms. The second-order valence-electron chi connectivity index (χ2n) is 3.83. The van der Waals surface area contributed by atoms with Gasteiger partial charge in [-0.1, -0.05) is 0 Å². The molecule has 0 aliphatic carbocycles. The number of aromatic nitrogens is 2. The highest BCUT2D eigenvalue weighted by Gasteiger charge is 2.14. The molecular weight excluding hydrogens is 178 g/mol. The molecule has 1 aliphatic heterocycles. The fourth-order valence-electron chi connectivity index (χ4n) is 1.73. The van der Waals surface area contributed by atoms with Gasteiger partial charge in [-0.2, -0.15) is 0 Å². The average molecular weight is 195 g/mol. The summed E-state index contributed by atoms with van der Waals surface area (Å²) in [4.78, 5) is 4.13. The molecular formula is C10H17N3O. The first-order valence-electron chi connectivity index (χ1n) is 5.17. The Hall–Kier alpha value is -1.03. The lowest BCUT2D eigenvalue weighted by Crippen LogP contribution is -2.30. The van der Waals surface area contributed by atoms with Crippen LogP contribution < -0.4 is 10.1 Å². The quantitative estimate of drug-likeness (QED) is 0.775. The fourth-order valence-corrected chi connectivity index (χ4v) is 1.73. The lowest BCUT2D eigenvalue weighted by Gasteiger charge is -2.22. The van der Waals surface area contributed by atoms with Gasteiger partial charge in [0.25, 0.3) is 6.01 Å². The van der Waals surface area contributed by atoms with E-state index in [9.17, 15) is 0 Å². The van der Waals surface area contributed by atoms with E-state index in [1.807, 2.05) is 17.8 Å². The van der Waals surface area contributed by atoms with E-state index in [2.05, 4.69) is 10.3 Å². The second kappa shape index (κ2) is 4.46. The van der Waals surface area contributed by atoms with Crippen LogP contribution in [0.25, 0.3) is 0 Å². The minimum Gasteiger partial charge on any atom is -0.464 e. The van der Waals surface area contributed by atoms with Gasteiger partial charge in [0.15, 0.2) is 0 Å². The van der Waals surface area contributed by atoms with Crippen LogP contribution in [0.3, 0.4) is 0 Å². The summed E-state index contributed by atoms with van der Waals surface area (Å²) in [7, 11) is 1.95. The Kier molecular flexibility index (Phi) is 3.03. The highest BCUT2D eigenvalue weighted by atomic mass is 16.5. The van der Waals surface area contributed by atoms with E-state index in [4.69, 9.17) is 4.74 Å². The molecule has 1 saturated heterocycles. The van der Waals surface area contributed by atoms with E-state index < -0.39 is 0 Å². The van der Waals surface area contributed by atoms with Gasteiger partial charge in [0, 0.05) is 19.4 Å². The molecule has 1 fully saturated rings. The summed E-state index contributed by atoms with van der Waals surface area (Å²) in [5, 5.41) is 3.34. The SMILES string of the molecule is Cn1ccnc1OCC1CCNCC1. The zero-order valence-electron chi connectivity index (χ0n) is 8.57. The molecule has 1 aromatic heterocycles. The van der Waals surface area contributed by atoms with Gasteiger partial charge >= 0.3 is 0 Å². The normalized spacial score (nSPS) is 18.4. The maximum Gasteiger partial charge on any atom is 0.295 e. The van der Waals surface area contributed by atoms with Gasteiger partial charge in [0.1, 0.15) is 0 Å². The van der Waals surface area contributed by atoms with Crippen LogP contribution in [0.4, 0.5) is 0 Å². The second-order valence-corrected chi connectivity index (χ2v) is 3.83. The van der Waals surface area contributed by atoms with Gasteiger partial charge in [-0.25, -0.2) is 4.98 Å². The third-order valence-corrected chi connectivity index (χ3v) is 2.68. The maximum atomic E-state index is 5.64. The summed E-state index contributed by atoms with van der Waals surface area (Å²) in [5.74, 6) is 0.688. The summed E-state index contributed by atoms with van der Waals surface area (Å²) in [6.45, 7) is 3.04. The molecule has 4 heteroatoms. The van der Waals surface area contributed by atoms with Crippen LogP contribution in [0.15, 0.2) is 12.4 Å². The van der Waals surface area contributed by atoms with Crippen molar-refractivity contribution in [2.45, 2.75) is 12.8 Å². The molecule has 4 nitrogen and oxygen atoms in total. The Bertz CT molecular complexity index is 279. The molecule has 0 radical (unpaired) electrons. The zero-order chi connectivity index (χ0) is 9.80. The fraction of sp³-hybridized carbons (Fsp3) is 0.700. The van der Waals surface area contributed by atoms with Crippen molar-refractivity contribution in [1.29, 1.82) is 0 Å². The monoisotopic (exact) mass is 195 g/mol. The number of rotatable bonds is 3. The van der Waals surface area contributed by atoms with E-state index in [0.29, 0.717) is 5.92 Å². The Morgan fingerprint density at radius 3 is 3.00 bits per heavy atom. The first-order valence-corrected chi connectivity index (χ1v) is 5.17. The van der Waals surface area contributed by atoms with E-state index in [1.54, 1.807) is 6.20 Å². The van der Waals surface area contributed by atoms with Gasteiger partial charge in [-0.15, -0.1) is 0 Å². The Morgan fingerprint density at radius 1 is 1.57 bits per heavy atom. The number of aryl methyl sites for hydroxylation is 1. The molecule has 2 heterocycles. The van der Waals surface area contributed by atoms with Crippen molar-refractivity contribution in [2.24, 2.45) is 13.0 Å². The van der Waals surface area contributed by atoms with Crippen LogP contribution in [0.5, 0.6) is 6.01 Å². The largest absolute Gasteiger partial charge is 0.464 e. The molecule has 0 amide bonds. The topological polar surface area (TPSA) is 39.1 Å². The average Bonchev–Trinajstić information content (AvgIpc) is 2.63. The third-order valence-electron chi connectivity index (χ3n) is 2.68. The molecule has 14 heavy (non-hydrogen) atoms. The number of ether oxygens (including phenoxy) is 1. The molecule has 0 aromatic carbocycles. The number of hydrogen-bond acceptors (Lipinski definition) is 3. The number of piperidine rings is 1. The Balaban J connectivity index is 1.79. The highest BCUT2D eigenvalue weighted by molar-refractivity contribution is 4.96. The predicted octanol–water partition coefficient (Wildman–Crippen LogP) is 0.798. The van der Waals surface area contributed by atoms with Gasteiger partial charge in [-0.05, 0) is 31.8 Å². The smallest absolute Gasteiger partial charge is 0.295 e. The summed E-state index contributed by atoms with van der Waals surface area (Å²) >= 11 is 0. The van der Waals surface area contributed by atoms with Crippen molar-refractivity contribution >= 4 is 0 Å². The lowest BCUT2D eigenvalue weighted by atomic mass is 9.99. The predicted molar refractivity (Wildman–Crippen MR) is 54.3 cm³/mol. The molecule has 0 bridgehead atoms. The summed E-state index contributed by atoms with van der Waals surface area (Å²) in [5.41, 5.74) is 0. The number of nitrogens with zero attached hydrogens (tertiary/aromatic N) is 2. The molecule has 1 aromatic rings. The molecule has 0 atom stereocenters. The van der Waals surface area contributed by atoms with Crippen molar-refractivity contribution < 1.29 is 4.74 Å². The van der Waals surface area contributed by atoms with E-state index >= 15 is 0 Å². The van der Waals surface area contributed by atoms with Crippen molar-refractivity contribution in [3.63, 3.8) is 0 Å². The van der Waals surface area contributed by atoms with Gasteiger partial charge in [-0.3, -0.25) is 0 Å².